The monoisotopic (exact) mass is 300 g/mol. The number of nitrogens with two attached hydrogens (primary N) is 1. The molecule has 0 saturated carbocycles. The highest BCUT2D eigenvalue weighted by atomic mass is 32.1. The van der Waals surface area contributed by atoms with Crippen LogP contribution in [0.5, 0.6) is 5.75 Å². The van der Waals surface area contributed by atoms with E-state index in [2.05, 4.69) is 4.98 Å². The number of nitrogens with zero attached hydrogens (tertiary/aromatic N) is 1. The van der Waals surface area contributed by atoms with Crippen molar-refractivity contribution in [2.45, 2.75) is 25.2 Å². The Balaban J connectivity index is 1.92. The van der Waals surface area contributed by atoms with Gasteiger partial charge in [0.05, 0.1) is 4.88 Å². The minimum absolute atomic E-state index is 0.0482. The molecule has 0 radical (unpaired) electrons. The summed E-state index contributed by atoms with van der Waals surface area (Å²) in [7, 11) is 0. The fourth-order valence-corrected chi connectivity index (χ4v) is 3.18. The second-order valence-electron chi connectivity index (χ2n) is 4.44. The summed E-state index contributed by atoms with van der Waals surface area (Å²) in [5.74, 6) is 0.704. The Morgan fingerprint density at radius 3 is 2.70 bits per heavy atom. The van der Waals surface area contributed by atoms with Gasteiger partial charge in [0, 0.05) is 13.0 Å². The van der Waals surface area contributed by atoms with Crippen LogP contribution in [0.2, 0.25) is 0 Å². The lowest BCUT2D eigenvalue weighted by atomic mass is 10.1. The standard InChI is InChI=1S/C13H11F3N2OS/c14-13(15,16)11-10(6-17)20-12(18-11)9-5-7-3-1-2-4-8(7)19-9/h1-4,9H,5-6,17H2. The molecule has 1 unspecified atom stereocenters. The van der Waals surface area contributed by atoms with E-state index in [-0.39, 0.29) is 11.4 Å². The van der Waals surface area contributed by atoms with Gasteiger partial charge in [-0.1, -0.05) is 18.2 Å². The van der Waals surface area contributed by atoms with Crippen LogP contribution in [0.3, 0.4) is 0 Å². The summed E-state index contributed by atoms with van der Waals surface area (Å²) in [4.78, 5) is 3.75. The minimum atomic E-state index is -4.48. The number of fused-ring (bicyclic) bond motifs is 1. The number of ether oxygens (including phenoxy) is 1. The van der Waals surface area contributed by atoms with E-state index in [0.717, 1.165) is 16.9 Å². The van der Waals surface area contributed by atoms with Gasteiger partial charge >= 0.3 is 6.18 Å². The summed E-state index contributed by atoms with van der Waals surface area (Å²) < 4.78 is 44.2. The molecule has 0 aliphatic carbocycles. The van der Waals surface area contributed by atoms with Crippen LogP contribution in [0.4, 0.5) is 13.2 Å². The molecule has 7 heteroatoms. The largest absolute Gasteiger partial charge is 0.483 e. The zero-order valence-corrected chi connectivity index (χ0v) is 11.1. The second kappa shape index (κ2) is 4.75. The zero-order chi connectivity index (χ0) is 14.3. The first-order valence-electron chi connectivity index (χ1n) is 6.00. The maximum absolute atomic E-state index is 12.8. The Hall–Kier alpha value is -1.60. The van der Waals surface area contributed by atoms with Gasteiger partial charge in [-0.15, -0.1) is 11.3 Å². The fourth-order valence-electron chi connectivity index (χ4n) is 2.19. The van der Waals surface area contributed by atoms with Crippen LogP contribution in [0.1, 0.15) is 27.2 Å². The summed E-state index contributed by atoms with van der Waals surface area (Å²) in [5, 5.41) is 0.328. The predicted octanol–water partition coefficient (Wildman–Crippen LogP) is 3.30. The molecule has 0 saturated heterocycles. The van der Waals surface area contributed by atoms with Crippen LogP contribution in [0.25, 0.3) is 0 Å². The van der Waals surface area contributed by atoms with Gasteiger partial charge in [0.15, 0.2) is 11.8 Å². The molecule has 3 nitrogen and oxygen atoms in total. The summed E-state index contributed by atoms with van der Waals surface area (Å²) in [6.07, 6.45) is -4.40. The third-order valence-electron chi connectivity index (χ3n) is 3.09. The van der Waals surface area contributed by atoms with E-state index in [0.29, 0.717) is 17.2 Å². The lowest BCUT2D eigenvalue weighted by Gasteiger charge is -2.06. The summed E-state index contributed by atoms with van der Waals surface area (Å²) in [6, 6.07) is 7.41. The van der Waals surface area contributed by atoms with Crippen molar-refractivity contribution in [2.75, 3.05) is 0 Å². The molecule has 1 aromatic carbocycles. The van der Waals surface area contributed by atoms with Crippen molar-refractivity contribution in [3.8, 4) is 5.75 Å². The lowest BCUT2D eigenvalue weighted by Crippen LogP contribution is -2.11. The molecule has 2 aromatic rings. The van der Waals surface area contributed by atoms with E-state index < -0.39 is 18.0 Å². The Morgan fingerprint density at radius 2 is 2.10 bits per heavy atom. The molecule has 0 spiro atoms. The summed E-state index contributed by atoms with van der Waals surface area (Å²) in [6.45, 7) is -0.174. The number of rotatable bonds is 2. The van der Waals surface area contributed by atoms with Crippen molar-refractivity contribution < 1.29 is 17.9 Å². The van der Waals surface area contributed by atoms with Crippen LogP contribution in [0, 0.1) is 0 Å². The molecule has 1 aliphatic rings. The van der Waals surface area contributed by atoms with Crippen molar-refractivity contribution in [3.05, 3.63) is 45.4 Å². The molecule has 0 amide bonds. The SMILES string of the molecule is NCc1sc(C2Cc3ccccc3O2)nc1C(F)(F)F. The molecular weight excluding hydrogens is 289 g/mol. The Morgan fingerprint density at radius 1 is 1.35 bits per heavy atom. The second-order valence-corrected chi connectivity index (χ2v) is 5.56. The van der Waals surface area contributed by atoms with Crippen molar-refractivity contribution in [1.82, 2.24) is 4.98 Å². The van der Waals surface area contributed by atoms with Gasteiger partial charge in [-0.05, 0) is 11.6 Å². The third kappa shape index (κ3) is 2.27. The normalized spacial score (nSPS) is 17.9. The van der Waals surface area contributed by atoms with E-state index in [1.807, 2.05) is 18.2 Å². The van der Waals surface area contributed by atoms with Gasteiger partial charge in [-0.3, -0.25) is 0 Å². The number of halogens is 3. The van der Waals surface area contributed by atoms with Crippen LogP contribution in [-0.4, -0.2) is 4.98 Å². The van der Waals surface area contributed by atoms with Gasteiger partial charge in [0.25, 0.3) is 0 Å². The third-order valence-corrected chi connectivity index (χ3v) is 4.26. The molecule has 0 bridgehead atoms. The van der Waals surface area contributed by atoms with Crippen LogP contribution in [-0.2, 0) is 19.1 Å². The van der Waals surface area contributed by atoms with E-state index in [9.17, 15) is 13.2 Å². The van der Waals surface area contributed by atoms with Crippen LogP contribution >= 0.6 is 11.3 Å². The molecule has 106 valence electrons. The van der Waals surface area contributed by atoms with E-state index >= 15 is 0 Å². The highest BCUT2D eigenvalue weighted by Gasteiger charge is 2.39. The molecule has 3 rings (SSSR count). The maximum atomic E-state index is 12.8. The molecule has 1 atom stereocenters. The number of benzene rings is 1. The van der Waals surface area contributed by atoms with Crippen LogP contribution in [0.15, 0.2) is 24.3 Å². The number of hydrogen-bond donors (Lipinski definition) is 1. The Kier molecular flexibility index (Phi) is 3.18. The molecule has 1 aromatic heterocycles. The topological polar surface area (TPSA) is 48.1 Å². The first kappa shape index (κ1) is 13.4. The Labute approximate surface area is 117 Å². The van der Waals surface area contributed by atoms with E-state index in [1.165, 1.54) is 0 Å². The highest BCUT2D eigenvalue weighted by molar-refractivity contribution is 7.11. The van der Waals surface area contributed by atoms with Gasteiger partial charge in [0.1, 0.15) is 10.8 Å². The van der Waals surface area contributed by atoms with Crippen molar-refractivity contribution >= 4 is 11.3 Å². The van der Waals surface area contributed by atoms with Crippen molar-refractivity contribution in [3.63, 3.8) is 0 Å². The van der Waals surface area contributed by atoms with Gasteiger partial charge in [-0.2, -0.15) is 13.2 Å². The molecule has 1 aliphatic heterocycles. The van der Waals surface area contributed by atoms with Gasteiger partial charge < -0.3 is 10.5 Å². The molecule has 20 heavy (non-hydrogen) atoms. The van der Waals surface area contributed by atoms with Crippen molar-refractivity contribution in [2.24, 2.45) is 5.73 Å². The highest BCUT2D eigenvalue weighted by Crippen LogP contribution is 2.41. The summed E-state index contributed by atoms with van der Waals surface area (Å²) in [5.41, 5.74) is 5.47. The van der Waals surface area contributed by atoms with Crippen LogP contribution < -0.4 is 10.5 Å². The number of para-hydroxylation sites is 1. The predicted molar refractivity (Wildman–Crippen MR) is 68.5 cm³/mol. The lowest BCUT2D eigenvalue weighted by molar-refractivity contribution is -0.141. The molecular formula is C13H11F3N2OS. The van der Waals surface area contributed by atoms with Gasteiger partial charge in [-0.25, -0.2) is 4.98 Å². The average molecular weight is 300 g/mol. The Bertz CT molecular complexity index is 614. The smallest absolute Gasteiger partial charge is 0.434 e. The van der Waals surface area contributed by atoms with Gasteiger partial charge in [0.2, 0.25) is 0 Å². The summed E-state index contributed by atoms with van der Waals surface area (Å²) >= 11 is 0.973. The minimum Gasteiger partial charge on any atom is -0.483 e. The fraction of sp³-hybridized carbons (Fsp3) is 0.308. The zero-order valence-electron chi connectivity index (χ0n) is 10.3. The van der Waals surface area contributed by atoms with E-state index in [1.54, 1.807) is 6.07 Å². The first-order valence-corrected chi connectivity index (χ1v) is 6.82. The molecule has 2 N–H and O–H groups in total. The molecule has 0 fully saturated rings. The van der Waals surface area contributed by atoms with E-state index in [4.69, 9.17) is 10.5 Å². The molecule has 2 heterocycles. The number of hydrogen-bond acceptors (Lipinski definition) is 4. The van der Waals surface area contributed by atoms with Crippen molar-refractivity contribution in [1.29, 1.82) is 0 Å². The maximum Gasteiger partial charge on any atom is 0.434 e. The number of alkyl halides is 3. The first-order chi connectivity index (χ1) is 9.49. The average Bonchev–Trinajstić information content (AvgIpc) is 3.01. The number of thiazole rings is 1. The number of aromatic nitrogens is 1. The quantitative estimate of drug-likeness (QED) is 0.925.